The summed E-state index contributed by atoms with van der Waals surface area (Å²) in [6.45, 7) is 4.06. The molecule has 0 spiro atoms. The zero-order valence-corrected chi connectivity index (χ0v) is 16.8. The number of aliphatic hydroxyl groups excluding tert-OH is 1. The van der Waals surface area contributed by atoms with Gasteiger partial charge in [0.1, 0.15) is 0 Å². The molecule has 30 heavy (non-hydrogen) atoms. The molecule has 6 nitrogen and oxygen atoms in total. The zero-order chi connectivity index (χ0) is 21.1. The van der Waals surface area contributed by atoms with Gasteiger partial charge in [0.2, 0.25) is 0 Å². The summed E-state index contributed by atoms with van der Waals surface area (Å²) in [5, 5.41) is 18.7. The van der Waals surface area contributed by atoms with Crippen LogP contribution in [0.1, 0.15) is 24.3 Å². The third-order valence-electron chi connectivity index (χ3n) is 4.92. The molecule has 0 aliphatic rings. The number of rotatable bonds is 5. The van der Waals surface area contributed by atoms with Crippen LogP contribution in [-0.2, 0) is 4.74 Å². The molecule has 0 aliphatic carbocycles. The van der Waals surface area contributed by atoms with Gasteiger partial charge in [0.05, 0.1) is 23.3 Å². The molecular weight excluding hydrogens is 378 g/mol. The number of nitrogens with zero attached hydrogens (tertiary/aromatic N) is 1. The van der Waals surface area contributed by atoms with E-state index in [0.29, 0.717) is 11.3 Å². The summed E-state index contributed by atoms with van der Waals surface area (Å²) in [7, 11) is 0. The van der Waals surface area contributed by atoms with Crippen molar-refractivity contribution in [3.05, 3.63) is 77.9 Å². The minimum absolute atomic E-state index is 0.289. The Morgan fingerprint density at radius 3 is 2.67 bits per heavy atom. The van der Waals surface area contributed by atoms with Crippen molar-refractivity contribution in [3.8, 4) is 0 Å². The highest BCUT2D eigenvalue weighted by Gasteiger charge is 2.15. The summed E-state index contributed by atoms with van der Waals surface area (Å²) in [6.07, 6.45) is -1.51. The highest BCUT2D eigenvalue weighted by atomic mass is 16.5. The van der Waals surface area contributed by atoms with E-state index in [0.717, 1.165) is 33.1 Å². The second-order valence-corrected chi connectivity index (χ2v) is 6.99. The van der Waals surface area contributed by atoms with Crippen LogP contribution in [0.25, 0.3) is 21.8 Å². The van der Waals surface area contributed by atoms with Crippen LogP contribution in [0.3, 0.4) is 0 Å². The number of anilines is 2. The fourth-order valence-corrected chi connectivity index (χ4v) is 3.50. The average molecular weight is 401 g/mol. The van der Waals surface area contributed by atoms with E-state index in [1.165, 1.54) is 0 Å². The van der Waals surface area contributed by atoms with Gasteiger partial charge in [-0.1, -0.05) is 48.5 Å². The second-order valence-electron chi connectivity index (χ2n) is 6.99. The first-order chi connectivity index (χ1) is 14.6. The van der Waals surface area contributed by atoms with E-state index in [1.54, 1.807) is 31.2 Å². The van der Waals surface area contributed by atoms with Gasteiger partial charge in [-0.2, -0.15) is 0 Å². The van der Waals surface area contributed by atoms with Crippen LogP contribution in [0.5, 0.6) is 0 Å². The monoisotopic (exact) mass is 401 g/mol. The van der Waals surface area contributed by atoms with Gasteiger partial charge in [-0.3, -0.25) is 5.32 Å². The normalized spacial score (nSPS) is 12.0. The number of aryl methyl sites for hydroxylation is 1. The molecule has 0 saturated heterocycles. The number of hydrogen-bond donors (Lipinski definition) is 3. The smallest absolute Gasteiger partial charge is 0.411 e. The van der Waals surface area contributed by atoms with Crippen molar-refractivity contribution in [1.82, 2.24) is 4.98 Å². The van der Waals surface area contributed by atoms with E-state index in [9.17, 15) is 9.90 Å². The van der Waals surface area contributed by atoms with Crippen molar-refractivity contribution in [2.75, 3.05) is 17.2 Å². The van der Waals surface area contributed by atoms with E-state index in [4.69, 9.17) is 9.72 Å². The SMILES string of the molecule is CCOC(=O)Nc1cccc(C(O)Nc2c3ccccc3nc3c(C)cccc23)c1. The van der Waals surface area contributed by atoms with Crippen LogP contribution < -0.4 is 10.6 Å². The molecule has 6 heteroatoms. The lowest BCUT2D eigenvalue weighted by molar-refractivity contribution is 0.168. The van der Waals surface area contributed by atoms with Crippen LogP contribution >= 0.6 is 0 Å². The molecule has 0 saturated carbocycles. The minimum atomic E-state index is -0.983. The number of aliphatic hydroxyl groups is 1. The summed E-state index contributed by atoms with van der Waals surface area (Å²) < 4.78 is 4.91. The average Bonchev–Trinajstić information content (AvgIpc) is 2.74. The Hall–Kier alpha value is -3.64. The number of ether oxygens (including phenoxy) is 1. The van der Waals surface area contributed by atoms with E-state index in [1.807, 2.05) is 49.4 Å². The third-order valence-corrected chi connectivity index (χ3v) is 4.92. The fraction of sp³-hybridized carbons (Fsp3) is 0.167. The molecule has 0 bridgehead atoms. The topological polar surface area (TPSA) is 83.5 Å². The minimum Gasteiger partial charge on any atom is -0.450 e. The number of hydrogen-bond acceptors (Lipinski definition) is 5. The van der Waals surface area contributed by atoms with Crippen LogP contribution in [0.2, 0.25) is 0 Å². The van der Waals surface area contributed by atoms with E-state index < -0.39 is 12.3 Å². The van der Waals surface area contributed by atoms with Crippen molar-refractivity contribution in [2.45, 2.75) is 20.1 Å². The lowest BCUT2D eigenvalue weighted by Gasteiger charge is -2.19. The molecule has 1 heterocycles. The highest BCUT2D eigenvalue weighted by Crippen LogP contribution is 2.34. The van der Waals surface area contributed by atoms with Crippen molar-refractivity contribution < 1.29 is 14.6 Å². The van der Waals surface area contributed by atoms with Crippen molar-refractivity contribution in [1.29, 1.82) is 0 Å². The first-order valence-electron chi connectivity index (χ1n) is 9.83. The van der Waals surface area contributed by atoms with E-state index in [2.05, 4.69) is 10.6 Å². The molecule has 4 rings (SSSR count). The standard InChI is InChI=1S/C24H23N3O3/c1-3-30-24(29)25-17-10-7-9-16(14-17)23(28)27-22-18-11-4-5-13-20(18)26-21-15(2)8-6-12-19(21)22/h4-14,23,28H,3H2,1-2H3,(H,25,29)(H,26,27). The van der Waals surface area contributed by atoms with Gasteiger partial charge < -0.3 is 15.2 Å². The molecule has 0 aliphatic heterocycles. The van der Waals surface area contributed by atoms with Crippen LogP contribution in [0.4, 0.5) is 16.2 Å². The van der Waals surface area contributed by atoms with Crippen molar-refractivity contribution >= 4 is 39.3 Å². The number of carbonyl (C=O) groups is 1. The number of nitrogens with one attached hydrogen (secondary N) is 2. The Morgan fingerprint density at radius 1 is 1.07 bits per heavy atom. The number of aromatic nitrogens is 1. The Balaban J connectivity index is 1.72. The van der Waals surface area contributed by atoms with Crippen molar-refractivity contribution in [3.63, 3.8) is 0 Å². The largest absolute Gasteiger partial charge is 0.450 e. The molecule has 0 radical (unpaired) electrons. The Kier molecular flexibility index (Phi) is 5.50. The van der Waals surface area contributed by atoms with E-state index >= 15 is 0 Å². The first-order valence-corrected chi connectivity index (χ1v) is 9.83. The predicted molar refractivity (Wildman–Crippen MR) is 120 cm³/mol. The molecule has 0 fully saturated rings. The van der Waals surface area contributed by atoms with Crippen LogP contribution in [0, 0.1) is 6.92 Å². The summed E-state index contributed by atoms with van der Waals surface area (Å²) in [5.74, 6) is 0. The maximum absolute atomic E-state index is 11.7. The lowest BCUT2D eigenvalue weighted by Crippen LogP contribution is -2.14. The van der Waals surface area contributed by atoms with Gasteiger partial charge in [0.15, 0.2) is 6.23 Å². The lowest BCUT2D eigenvalue weighted by atomic mass is 10.0. The number of para-hydroxylation sites is 2. The summed E-state index contributed by atoms with van der Waals surface area (Å²) in [4.78, 5) is 16.5. The predicted octanol–water partition coefficient (Wildman–Crippen LogP) is 5.37. The molecule has 152 valence electrons. The quantitative estimate of drug-likeness (QED) is 0.309. The molecule has 1 unspecified atom stereocenters. The molecule has 4 aromatic rings. The molecule has 3 aromatic carbocycles. The number of carbonyl (C=O) groups excluding carboxylic acids is 1. The van der Waals surface area contributed by atoms with Crippen LogP contribution in [-0.4, -0.2) is 22.8 Å². The van der Waals surface area contributed by atoms with Gasteiger partial charge in [0.25, 0.3) is 0 Å². The number of pyridine rings is 1. The second kappa shape index (κ2) is 8.39. The zero-order valence-electron chi connectivity index (χ0n) is 16.8. The maximum atomic E-state index is 11.7. The molecule has 1 atom stereocenters. The Bertz CT molecular complexity index is 1220. The summed E-state index contributed by atoms with van der Waals surface area (Å²) >= 11 is 0. The van der Waals surface area contributed by atoms with Gasteiger partial charge >= 0.3 is 6.09 Å². The van der Waals surface area contributed by atoms with Gasteiger partial charge in [-0.05, 0) is 37.6 Å². The Morgan fingerprint density at radius 2 is 1.83 bits per heavy atom. The van der Waals surface area contributed by atoms with Crippen molar-refractivity contribution in [2.24, 2.45) is 0 Å². The van der Waals surface area contributed by atoms with Gasteiger partial charge in [0, 0.05) is 22.0 Å². The van der Waals surface area contributed by atoms with Gasteiger partial charge in [-0.15, -0.1) is 0 Å². The van der Waals surface area contributed by atoms with Gasteiger partial charge in [-0.25, -0.2) is 9.78 Å². The highest BCUT2D eigenvalue weighted by molar-refractivity contribution is 6.08. The van der Waals surface area contributed by atoms with Crippen LogP contribution in [0.15, 0.2) is 66.7 Å². The third kappa shape index (κ3) is 3.90. The number of amides is 1. The first kappa shape index (κ1) is 19.7. The molecule has 3 N–H and O–H groups in total. The maximum Gasteiger partial charge on any atom is 0.411 e. The molecule has 1 amide bonds. The number of fused-ring (bicyclic) bond motifs is 2. The summed E-state index contributed by atoms with van der Waals surface area (Å²) in [5.41, 5.74) is 4.79. The van der Waals surface area contributed by atoms with E-state index in [-0.39, 0.29) is 6.61 Å². The number of benzene rings is 3. The Labute approximate surface area is 174 Å². The molecule has 1 aromatic heterocycles. The fourth-order valence-electron chi connectivity index (χ4n) is 3.50. The summed E-state index contributed by atoms with van der Waals surface area (Å²) in [6, 6.07) is 20.9. The molecular formula is C24H23N3O3.